The molecule has 0 heterocycles. The summed E-state index contributed by atoms with van der Waals surface area (Å²) in [6.07, 6.45) is 1.94. The molecule has 0 atom stereocenters. The topological polar surface area (TPSA) is 67.4 Å². The van der Waals surface area contributed by atoms with E-state index in [9.17, 15) is 9.59 Å². The van der Waals surface area contributed by atoms with Crippen LogP contribution in [0.25, 0.3) is 0 Å². The Morgan fingerprint density at radius 2 is 1.88 bits per heavy atom. The molecule has 26 heavy (non-hydrogen) atoms. The van der Waals surface area contributed by atoms with E-state index in [0.717, 1.165) is 17.3 Å². The molecule has 2 aromatic carbocycles. The number of unbranched alkanes of at least 4 members (excludes halogenated alkanes) is 1. The molecule has 5 nitrogen and oxygen atoms in total. The molecule has 138 valence electrons. The van der Waals surface area contributed by atoms with Crippen LogP contribution in [0.1, 0.15) is 47.4 Å². The van der Waals surface area contributed by atoms with Gasteiger partial charge >= 0.3 is 0 Å². The minimum absolute atomic E-state index is 0.172. The zero-order valence-electron chi connectivity index (χ0n) is 15.0. The predicted molar refractivity (Wildman–Crippen MR) is 107 cm³/mol. The van der Waals surface area contributed by atoms with Gasteiger partial charge in [-0.15, -0.1) is 0 Å². The first kappa shape index (κ1) is 20.0. The molecule has 2 amide bonds. The monoisotopic (exact) mass is 418 g/mol. The first-order chi connectivity index (χ1) is 12.5. The van der Waals surface area contributed by atoms with Crippen molar-refractivity contribution in [3.8, 4) is 5.75 Å². The Morgan fingerprint density at radius 1 is 1.08 bits per heavy atom. The maximum Gasteiger partial charge on any atom is 0.259 e. The number of nitrogens with one attached hydrogen (secondary N) is 2. The molecule has 0 radical (unpaired) electrons. The fourth-order valence-corrected chi connectivity index (χ4v) is 2.69. The number of hydrogen-bond donors (Lipinski definition) is 2. The van der Waals surface area contributed by atoms with Crippen molar-refractivity contribution >= 4 is 33.4 Å². The van der Waals surface area contributed by atoms with Gasteiger partial charge in [0, 0.05) is 22.3 Å². The van der Waals surface area contributed by atoms with Gasteiger partial charge in [0.15, 0.2) is 0 Å². The average Bonchev–Trinajstić information content (AvgIpc) is 2.63. The van der Waals surface area contributed by atoms with Crippen molar-refractivity contribution in [2.24, 2.45) is 0 Å². The second-order valence-electron chi connectivity index (χ2n) is 5.74. The van der Waals surface area contributed by atoms with E-state index in [1.807, 2.05) is 13.0 Å². The van der Waals surface area contributed by atoms with Crippen LogP contribution in [-0.4, -0.2) is 25.0 Å². The number of rotatable bonds is 8. The summed E-state index contributed by atoms with van der Waals surface area (Å²) >= 11 is 3.39. The molecular weight excluding hydrogens is 396 g/mol. The molecule has 0 aliphatic rings. The summed E-state index contributed by atoms with van der Waals surface area (Å²) in [6, 6.07) is 12.2. The third kappa shape index (κ3) is 5.59. The van der Waals surface area contributed by atoms with Crippen LogP contribution in [0.4, 0.5) is 5.69 Å². The van der Waals surface area contributed by atoms with Crippen molar-refractivity contribution in [1.29, 1.82) is 0 Å². The Bertz CT molecular complexity index is 777. The zero-order valence-corrected chi connectivity index (χ0v) is 16.6. The van der Waals surface area contributed by atoms with E-state index in [2.05, 4.69) is 33.5 Å². The number of benzene rings is 2. The maximum absolute atomic E-state index is 12.7. The molecule has 0 saturated carbocycles. The van der Waals surface area contributed by atoms with Crippen LogP contribution in [0.3, 0.4) is 0 Å². The van der Waals surface area contributed by atoms with Gasteiger partial charge in [0.25, 0.3) is 11.8 Å². The molecule has 2 N–H and O–H groups in total. The van der Waals surface area contributed by atoms with E-state index in [-0.39, 0.29) is 11.8 Å². The first-order valence-corrected chi connectivity index (χ1v) is 9.46. The highest BCUT2D eigenvalue weighted by molar-refractivity contribution is 9.10. The summed E-state index contributed by atoms with van der Waals surface area (Å²) in [5.41, 5.74) is 1.50. The summed E-state index contributed by atoms with van der Waals surface area (Å²) < 4.78 is 6.53. The van der Waals surface area contributed by atoms with Gasteiger partial charge in [-0.25, -0.2) is 0 Å². The fourth-order valence-electron chi connectivity index (χ4n) is 2.33. The van der Waals surface area contributed by atoms with E-state index >= 15 is 0 Å². The number of carbonyl (C=O) groups excluding carboxylic acids is 2. The van der Waals surface area contributed by atoms with Crippen molar-refractivity contribution < 1.29 is 14.3 Å². The van der Waals surface area contributed by atoms with Crippen LogP contribution >= 0.6 is 15.9 Å². The van der Waals surface area contributed by atoms with Gasteiger partial charge in [0.1, 0.15) is 5.75 Å². The van der Waals surface area contributed by atoms with E-state index in [0.29, 0.717) is 35.7 Å². The predicted octanol–water partition coefficient (Wildman–Crippen LogP) is 4.63. The number of hydrogen-bond acceptors (Lipinski definition) is 3. The van der Waals surface area contributed by atoms with Crippen LogP contribution in [0.5, 0.6) is 5.75 Å². The Balaban J connectivity index is 2.18. The van der Waals surface area contributed by atoms with Gasteiger partial charge in [0.2, 0.25) is 0 Å². The van der Waals surface area contributed by atoms with Crippen LogP contribution in [0.2, 0.25) is 0 Å². The van der Waals surface area contributed by atoms with Crippen molar-refractivity contribution in [1.82, 2.24) is 5.32 Å². The average molecular weight is 419 g/mol. The lowest BCUT2D eigenvalue weighted by Gasteiger charge is -2.13. The Morgan fingerprint density at radius 3 is 2.62 bits per heavy atom. The highest BCUT2D eigenvalue weighted by Crippen LogP contribution is 2.25. The summed E-state index contributed by atoms with van der Waals surface area (Å²) in [6.45, 7) is 5.05. The Kier molecular flexibility index (Phi) is 7.66. The summed E-state index contributed by atoms with van der Waals surface area (Å²) in [5, 5.41) is 5.58. The highest BCUT2D eigenvalue weighted by Gasteiger charge is 2.14. The molecule has 0 spiro atoms. The van der Waals surface area contributed by atoms with Gasteiger partial charge in [-0.2, -0.15) is 0 Å². The van der Waals surface area contributed by atoms with E-state index < -0.39 is 0 Å². The number of ether oxygens (including phenoxy) is 1. The Hall–Kier alpha value is -2.34. The molecule has 0 saturated heterocycles. The lowest BCUT2D eigenvalue weighted by Crippen LogP contribution is -2.22. The number of anilines is 1. The van der Waals surface area contributed by atoms with E-state index in [1.54, 1.807) is 36.4 Å². The third-order valence-corrected chi connectivity index (χ3v) is 4.15. The maximum atomic E-state index is 12.7. The van der Waals surface area contributed by atoms with Gasteiger partial charge in [-0.1, -0.05) is 35.3 Å². The minimum Gasteiger partial charge on any atom is -0.493 e. The van der Waals surface area contributed by atoms with Crippen molar-refractivity contribution in [2.75, 3.05) is 18.5 Å². The van der Waals surface area contributed by atoms with Crippen molar-refractivity contribution in [2.45, 2.75) is 26.7 Å². The van der Waals surface area contributed by atoms with E-state index in [1.165, 1.54) is 0 Å². The van der Waals surface area contributed by atoms with Crippen molar-refractivity contribution in [3.05, 3.63) is 58.1 Å². The number of halogens is 1. The van der Waals surface area contributed by atoms with Crippen LogP contribution in [0, 0.1) is 0 Å². The molecule has 0 unspecified atom stereocenters. The fraction of sp³-hybridized carbons (Fsp3) is 0.300. The van der Waals surface area contributed by atoms with Gasteiger partial charge in [0.05, 0.1) is 12.2 Å². The molecule has 2 aromatic rings. The zero-order chi connectivity index (χ0) is 18.9. The lowest BCUT2D eigenvalue weighted by atomic mass is 10.1. The quantitative estimate of drug-likeness (QED) is 0.613. The SMILES string of the molecule is CCCCOc1ccc(Br)cc1C(=O)Nc1cccc(C(=O)NCC)c1. The normalized spacial score (nSPS) is 10.3. The second kappa shape index (κ2) is 9.97. The molecule has 6 heteroatoms. The molecule has 0 aromatic heterocycles. The third-order valence-electron chi connectivity index (χ3n) is 3.66. The van der Waals surface area contributed by atoms with E-state index in [4.69, 9.17) is 4.74 Å². The lowest BCUT2D eigenvalue weighted by molar-refractivity contribution is 0.0954. The van der Waals surface area contributed by atoms with Crippen LogP contribution in [0.15, 0.2) is 46.9 Å². The molecule has 0 aliphatic heterocycles. The molecule has 0 fully saturated rings. The number of amides is 2. The summed E-state index contributed by atoms with van der Waals surface area (Å²) in [4.78, 5) is 24.7. The first-order valence-electron chi connectivity index (χ1n) is 8.67. The molecule has 0 aliphatic carbocycles. The molecule has 2 rings (SSSR count). The largest absolute Gasteiger partial charge is 0.493 e. The smallest absolute Gasteiger partial charge is 0.259 e. The van der Waals surface area contributed by atoms with Gasteiger partial charge < -0.3 is 15.4 Å². The van der Waals surface area contributed by atoms with Crippen LogP contribution in [-0.2, 0) is 0 Å². The van der Waals surface area contributed by atoms with Gasteiger partial charge in [-0.05, 0) is 49.7 Å². The second-order valence-corrected chi connectivity index (χ2v) is 6.65. The molecule has 0 bridgehead atoms. The molecular formula is C20H23BrN2O3. The minimum atomic E-state index is -0.286. The standard InChI is InChI=1S/C20H23BrN2O3/c1-3-5-11-26-18-10-9-15(21)13-17(18)20(25)23-16-8-6-7-14(12-16)19(24)22-4-2/h6-10,12-13H,3-5,11H2,1-2H3,(H,22,24)(H,23,25). The van der Waals surface area contributed by atoms with Crippen LogP contribution < -0.4 is 15.4 Å². The van der Waals surface area contributed by atoms with Crippen molar-refractivity contribution in [3.63, 3.8) is 0 Å². The highest BCUT2D eigenvalue weighted by atomic mass is 79.9. The Labute approximate surface area is 162 Å². The summed E-state index contributed by atoms with van der Waals surface area (Å²) in [7, 11) is 0. The number of carbonyl (C=O) groups is 2. The van der Waals surface area contributed by atoms with Gasteiger partial charge in [-0.3, -0.25) is 9.59 Å². The summed E-state index contributed by atoms with van der Waals surface area (Å²) in [5.74, 6) is 0.0829.